The number of methoxy groups -OCH3 is 1. The van der Waals surface area contributed by atoms with Crippen molar-refractivity contribution in [3.05, 3.63) is 47.4 Å². The van der Waals surface area contributed by atoms with E-state index in [-0.39, 0.29) is 11.9 Å². The van der Waals surface area contributed by atoms with Crippen molar-refractivity contribution in [3.8, 4) is 0 Å². The quantitative estimate of drug-likeness (QED) is 0.859. The van der Waals surface area contributed by atoms with Crippen molar-refractivity contribution >= 4 is 0 Å². The van der Waals surface area contributed by atoms with Gasteiger partial charge in [-0.25, -0.2) is 0 Å². The second-order valence-electron chi connectivity index (χ2n) is 5.95. The van der Waals surface area contributed by atoms with E-state index in [4.69, 9.17) is 23.7 Å². The molecule has 1 aromatic carbocycles. The highest BCUT2D eigenvalue weighted by molar-refractivity contribution is 5.19. The first-order valence-electron chi connectivity index (χ1n) is 7.65. The minimum atomic E-state index is -1.19. The van der Waals surface area contributed by atoms with E-state index in [1.54, 1.807) is 13.8 Å². The van der Waals surface area contributed by atoms with Gasteiger partial charge < -0.3 is 28.8 Å². The Morgan fingerprint density at radius 3 is 2.65 bits per heavy atom. The Morgan fingerprint density at radius 2 is 1.96 bits per heavy atom. The summed E-state index contributed by atoms with van der Waals surface area (Å²) in [6.07, 6.45) is -1.42. The summed E-state index contributed by atoms with van der Waals surface area (Å²) in [5.74, 6) is -0.140. The molecule has 126 valence electrons. The Hall–Kier alpha value is -1.60. The summed E-state index contributed by atoms with van der Waals surface area (Å²) in [4.78, 5) is 0. The maximum Gasteiger partial charge on any atom is 0.245 e. The molecule has 2 heterocycles. The van der Waals surface area contributed by atoms with E-state index < -0.39 is 18.4 Å². The minimum absolute atomic E-state index is 0.260. The van der Waals surface area contributed by atoms with Crippen molar-refractivity contribution in [2.75, 3.05) is 13.7 Å². The third-order valence-corrected chi connectivity index (χ3v) is 3.70. The van der Waals surface area contributed by atoms with Gasteiger partial charge in [0.15, 0.2) is 17.8 Å². The Kier molecular flexibility index (Phi) is 4.59. The van der Waals surface area contributed by atoms with Crippen LogP contribution >= 0.6 is 0 Å². The molecule has 1 aromatic rings. The fraction of sp³-hybridized carbons (Fsp3) is 0.529. The van der Waals surface area contributed by atoms with Gasteiger partial charge in [0.2, 0.25) is 12.1 Å². The predicted octanol–water partition coefficient (Wildman–Crippen LogP) is 2.45. The molecule has 0 amide bonds. The Labute approximate surface area is 135 Å². The lowest BCUT2D eigenvalue weighted by Crippen LogP contribution is -2.31. The highest BCUT2D eigenvalue weighted by Crippen LogP contribution is 2.39. The summed E-state index contributed by atoms with van der Waals surface area (Å²) in [7, 11) is 1.40. The average molecular weight is 322 g/mol. The zero-order valence-electron chi connectivity index (χ0n) is 13.5. The number of aliphatic hydroxyl groups excluding tert-OH is 1. The number of ether oxygens (including phenoxy) is 5. The zero-order valence-corrected chi connectivity index (χ0v) is 13.5. The summed E-state index contributed by atoms with van der Waals surface area (Å²) in [5.41, 5.74) is 0.935. The van der Waals surface area contributed by atoms with Crippen LogP contribution in [-0.4, -0.2) is 37.0 Å². The van der Waals surface area contributed by atoms with Gasteiger partial charge in [-0.3, -0.25) is 0 Å². The van der Waals surface area contributed by atoms with E-state index >= 15 is 0 Å². The summed E-state index contributed by atoms with van der Waals surface area (Å²) < 4.78 is 28.2. The van der Waals surface area contributed by atoms with E-state index in [1.807, 2.05) is 30.3 Å². The molecule has 0 radical (unpaired) electrons. The van der Waals surface area contributed by atoms with E-state index in [1.165, 1.54) is 7.11 Å². The monoisotopic (exact) mass is 322 g/mol. The van der Waals surface area contributed by atoms with Crippen LogP contribution < -0.4 is 0 Å². The molecule has 0 saturated carbocycles. The lowest BCUT2D eigenvalue weighted by Gasteiger charge is -2.31. The minimum Gasteiger partial charge on any atom is -0.451 e. The van der Waals surface area contributed by atoms with Crippen LogP contribution in [0.4, 0.5) is 0 Å². The normalized spacial score (nSPS) is 28.2. The topological polar surface area (TPSA) is 66.4 Å². The van der Waals surface area contributed by atoms with Crippen molar-refractivity contribution in [1.29, 1.82) is 0 Å². The van der Waals surface area contributed by atoms with Crippen LogP contribution in [-0.2, 0) is 23.7 Å². The maximum absolute atomic E-state index is 10.0. The number of hydrogen-bond acceptors (Lipinski definition) is 6. The van der Waals surface area contributed by atoms with Crippen molar-refractivity contribution in [3.63, 3.8) is 0 Å². The number of rotatable bonds is 4. The Morgan fingerprint density at radius 1 is 1.22 bits per heavy atom. The highest BCUT2D eigenvalue weighted by Gasteiger charge is 2.43. The van der Waals surface area contributed by atoms with Crippen LogP contribution in [0.5, 0.6) is 0 Å². The molecule has 0 aromatic heterocycles. The van der Waals surface area contributed by atoms with Gasteiger partial charge in [0, 0.05) is 32.9 Å². The van der Waals surface area contributed by atoms with E-state index in [2.05, 4.69) is 0 Å². The van der Waals surface area contributed by atoms with Crippen molar-refractivity contribution < 1.29 is 28.8 Å². The molecule has 1 saturated heterocycles. The molecule has 6 heteroatoms. The van der Waals surface area contributed by atoms with Crippen molar-refractivity contribution in [2.45, 2.75) is 44.7 Å². The summed E-state index contributed by atoms with van der Waals surface area (Å²) in [5, 5.41) is 10.0. The van der Waals surface area contributed by atoms with Gasteiger partial charge in [0.1, 0.15) is 6.10 Å². The highest BCUT2D eigenvalue weighted by atomic mass is 16.8. The molecule has 3 rings (SSSR count). The molecular weight excluding hydrogens is 300 g/mol. The SMILES string of the molecule is CO[C@@H](O)C1=C([C@H]2CCOC(c3ccccc3)O2)OC(C)(C)O1. The molecular formula is C17H22O6. The first-order chi connectivity index (χ1) is 11.0. The largest absolute Gasteiger partial charge is 0.451 e. The fourth-order valence-corrected chi connectivity index (χ4v) is 2.67. The number of benzene rings is 1. The summed E-state index contributed by atoms with van der Waals surface area (Å²) in [6.45, 7) is 4.07. The van der Waals surface area contributed by atoms with Gasteiger partial charge in [0.05, 0.1) is 6.61 Å². The molecule has 1 unspecified atom stereocenters. The lowest BCUT2D eigenvalue weighted by atomic mass is 10.1. The van der Waals surface area contributed by atoms with Crippen LogP contribution in [0, 0.1) is 0 Å². The van der Waals surface area contributed by atoms with Crippen molar-refractivity contribution in [2.24, 2.45) is 0 Å². The van der Waals surface area contributed by atoms with E-state index in [0.717, 1.165) is 5.56 Å². The predicted molar refractivity (Wildman–Crippen MR) is 80.9 cm³/mol. The Balaban J connectivity index is 1.82. The molecule has 2 aliphatic heterocycles. The van der Waals surface area contributed by atoms with Crippen molar-refractivity contribution in [1.82, 2.24) is 0 Å². The van der Waals surface area contributed by atoms with Gasteiger partial charge in [-0.05, 0) is 0 Å². The third-order valence-electron chi connectivity index (χ3n) is 3.70. The van der Waals surface area contributed by atoms with E-state index in [0.29, 0.717) is 18.8 Å². The van der Waals surface area contributed by atoms with E-state index in [9.17, 15) is 5.11 Å². The maximum atomic E-state index is 10.0. The van der Waals surface area contributed by atoms with Crippen LogP contribution in [0.25, 0.3) is 0 Å². The van der Waals surface area contributed by atoms with Crippen LogP contribution in [0.2, 0.25) is 0 Å². The third kappa shape index (κ3) is 3.50. The molecule has 23 heavy (non-hydrogen) atoms. The first-order valence-corrected chi connectivity index (χ1v) is 7.65. The van der Waals surface area contributed by atoms with Crippen LogP contribution in [0.1, 0.15) is 32.1 Å². The molecule has 1 fully saturated rings. The standard InChI is InChI=1S/C17H22O6/c1-17(2)22-13(14(23-17)15(18)19-3)12-9-10-20-16(21-12)11-7-5-4-6-8-11/h4-8,12,15-16,18H,9-10H2,1-3H3/t12-,15-,16?/m1/s1. The Bertz CT molecular complexity index is 568. The van der Waals surface area contributed by atoms with Gasteiger partial charge in [-0.1, -0.05) is 30.3 Å². The first kappa shape index (κ1) is 16.3. The molecule has 1 N–H and O–H groups in total. The second-order valence-corrected chi connectivity index (χ2v) is 5.95. The molecule has 2 aliphatic rings. The van der Waals surface area contributed by atoms with Gasteiger partial charge in [-0.15, -0.1) is 0 Å². The molecule has 6 nitrogen and oxygen atoms in total. The average Bonchev–Trinajstić information content (AvgIpc) is 2.91. The molecule has 3 atom stereocenters. The van der Waals surface area contributed by atoms with Gasteiger partial charge >= 0.3 is 0 Å². The van der Waals surface area contributed by atoms with Crippen LogP contribution in [0.3, 0.4) is 0 Å². The molecule has 0 bridgehead atoms. The number of aliphatic hydroxyl groups is 1. The van der Waals surface area contributed by atoms with Gasteiger partial charge in [-0.2, -0.15) is 0 Å². The fourth-order valence-electron chi connectivity index (χ4n) is 2.67. The summed E-state index contributed by atoms with van der Waals surface area (Å²) in [6, 6.07) is 9.70. The lowest BCUT2D eigenvalue weighted by molar-refractivity contribution is -0.222. The number of hydrogen-bond donors (Lipinski definition) is 1. The smallest absolute Gasteiger partial charge is 0.245 e. The molecule has 0 spiro atoms. The summed E-state index contributed by atoms with van der Waals surface area (Å²) >= 11 is 0. The second kappa shape index (κ2) is 6.49. The molecule has 0 aliphatic carbocycles. The van der Waals surface area contributed by atoms with Gasteiger partial charge in [0.25, 0.3) is 0 Å². The van der Waals surface area contributed by atoms with Crippen LogP contribution in [0.15, 0.2) is 41.9 Å². The zero-order chi connectivity index (χ0) is 16.4.